The summed E-state index contributed by atoms with van der Waals surface area (Å²) in [6.07, 6.45) is 0.821. The monoisotopic (exact) mass is 296 g/mol. The van der Waals surface area contributed by atoms with E-state index in [4.69, 9.17) is 0 Å². The van der Waals surface area contributed by atoms with Crippen molar-refractivity contribution in [1.29, 1.82) is 0 Å². The molecule has 0 spiro atoms. The van der Waals surface area contributed by atoms with Crippen LogP contribution in [-0.4, -0.2) is 9.78 Å². The van der Waals surface area contributed by atoms with E-state index in [0.717, 1.165) is 27.8 Å². The van der Waals surface area contributed by atoms with Crippen molar-refractivity contribution in [2.24, 2.45) is 7.05 Å². The average Bonchev–Trinajstić information content (AvgIpc) is 2.58. The SMILES string of the molecule is CCc1nn(C)c(-c2cc(C)ccc2F)c1Br. The first-order valence-corrected chi connectivity index (χ1v) is 6.31. The zero-order valence-electron chi connectivity index (χ0n) is 10.1. The Morgan fingerprint density at radius 2 is 2.12 bits per heavy atom. The number of aryl methyl sites for hydroxylation is 3. The van der Waals surface area contributed by atoms with Crippen molar-refractivity contribution in [3.63, 3.8) is 0 Å². The van der Waals surface area contributed by atoms with Crippen LogP contribution >= 0.6 is 15.9 Å². The zero-order valence-corrected chi connectivity index (χ0v) is 11.7. The predicted molar refractivity (Wildman–Crippen MR) is 70.4 cm³/mol. The van der Waals surface area contributed by atoms with Gasteiger partial charge in [0.05, 0.1) is 15.9 Å². The van der Waals surface area contributed by atoms with Gasteiger partial charge >= 0.3 is 0 Å². The van der Waals surface area contributed by atoms with Crippen molar-refractivity contribution in [3.05, 3.63) is 39.7 Å². The minimum Gasteiger partial charge on any atom is -0.266 e. The van der Waals surface area contributed by atoms with Gasteiger partial charge in [-0.3, -0.25) is 4.68 Å². The Hall–Kier alpha value is -1.16. The van der Waals surface area contributed by atoms with E-state index in [1.165, 1.54) is 6.07 Å². The van der Waals surface area contributed by atoms with E-state index < -0.39 is 0 Å². The van der Waals surface area contributed by atoms with Crippen LogP contribution in [-0.2, 0) is 13.5 Å². The maximum Gasteiger partial charge on any atom is 0.132 e. The summed E-state index contributed by atoms with van der Waals surface area (Å²) in [4.78, 5) is 0. The molecule has 0 amide bonds. The van der Waals surface area contributed by atoms with Gasteiger partial charge in [0, 0.05) is 12.6 Å². The van der Waals surface area contributed by atoms with E-state index in [9.17, 15) is 4.39 Å². The van der Waals surface area contributed by atoms with Crippen LogP contribution in [0.15, 0.2) is 22.7 Å². The molecule has 2 nitrogen and oxygen atoms in total. The van der Waals surface area contributed by atoms with Crippen molar-refractivity contribution in [1.82, 2.24) is 9.78 Å². The lowest BCUT2D eigenvalue weighted by Crippen LogP contribution is -1.96. The van der Waals surface area contributed by atoms with Gasteiger partial charge in [0.1, 0.15) is 5.82 Å². The number of hydrogen-bond acceptors (Lipinski definition) is 1. The Morgan fingerprint density at radius 3 is 2.71 bits per heavy atom. The van der Waals surface area contributed by atoms with E-state index in [-0.39, 0.29) is 5.82 Å². The normalized spacial score (nSPS) is 10.9. The van der Waals surface area contributed by atoms with Crippen LogP contribution in [0.2, 0.25) is 0 Å². The molecule has 0 saturated heterocycles. The molecule has 1 aromatic carbocycles. The minimum absolute atomic E-state index is 0.220. The van der Waals surface area contributed by atoms with Gasteiger partial charge in [-0.15, -0.1) is 0 Å². The predicted octanol–water partition coefficient (Wildman–Crippen LogP) is 3.86. The van der Waals surface area contributed by atoms with E-state index in [1.54, 1.807) is 10.7 Å². The Balaban J connectivity index is 2.68. The smallest absolute Gasteiger partial charge is 0.132 e. The number of halogens is 2. The number of nitrogens with zero attached hydrogens (tertiary/aromatic N) is 2. The lowest BCUT2D eigenvalue weighted by atomic mass is 10.1. The number of aromatic nitrogens is 2. The van der Waals surface area contributed by atoms with E-state index >= 15 is 0 Å². The number of rotatable bonds is 2. The lowest BCUT2D eigenvalue weighted by Gasteiger charge is -2.06. The molecule has 0 aliphatic rings. The molecule has 0 unspecified atom stereocenters. The quantitative estimate of drug-likeness (QED) is 0.823. The molecular weight excluding hydrogens is 283 g/mol. The Bertz CT molecular complexity index is 561. The molecule has 0 N–H and O–H groups in total. The first kappa shape index (κ1) is 12.3. The second-order valence-corrected chi connectivity index (χ2v) is 4.86. The fourth-order valence-corrected chi connectivity index (χ4v) is 2.72. The van der Waals surface area contributed by atoms with Crippen molar-refractivity contribution in [2.45, 2.75) is 20.3 Å². The summed E-state index contributed by atoms with van der Waals surface area (Å²) in [6, 6.07) is 5.11. The fourth-order valence-electron chi connectivity index (χ4n) is 1.89. The van der Waals surface area contributed by atoms with Crippen molar-refractivity contribution in [2.75, 3.05) is 0 Å². The minimum atomic E-state index is -0.220. The van der Waals surface area contributed by atoms with Gasteiger partial charge in [0.25, 0.3) is 0 Å². The van der Waals surface area contributed by atoms with E-state index in [0.29, 0.717) is 5.56 Å². The second-order valence-electron chi connectivity index (χ2n) is 4.07. The molecule has 2 aromatic rings. The van der Waals surface area contributed by atoms with Crippen LogP contribution in [0.25, 0.3) is 11.3 Å². The van der Waals surface area contributed by atoms with Gasteiger partial charge in [-0.2, -0.15) is 5.10 Å². The van der Waals surface area contributed by atoms with Gasteiger partial charge in [-0.1, -0.05) is 18.6 Å². The van der Waals surface area contributed by atoms with Gasteiger partial charge < -0.3 is 0 Å². The molecule has 1 aromatic heterocycles. The summed E-state index contributed by atoms with van der Waals surface area (Å²) in [5.74, 6) is -0.220. The second kappa shape index (κ2) is 4.61. The highest BCUT2D eigenvalue weighted by Gasteiger charge is 2.17. The van der Waals surface area contributed by atoms with Crippen molar-refractivity contribution >= 4 is 15.9 Å². The highest BCUT2D eigenvalue weighted by Crippen LogP contribution is 2.33. The summed E-state index contributed by atoms with van der Waals surface area (Å²) < 4.78 is 16.5. The molecular formula is C13H14BrFN2. The van der Waals surface area contributed by atoms with E-state index in [1.807, 2.05) is 27.0 Å². The van der Waals surface area contributed by atoms with E-state index in [2.05, 4.69) is 21.0 Å². The van der Waals surface area contributed by atoms with Crippen LogP contribution < -0.4 is 0 Å². The summed E-state index contributed by atoms with van der Waals surface area (Å²) in [5, 5.41) is 4.38. The summed E-state index contributed by atoms with van der Waals surface area (Å²) >= 11 is 3.51. The number of benzene rings is 1. The van der Waals surface area contributed by atoms with Gasteiger partial charge in [-0.25, -0.2) is 4.39 Å². The highest BCUT2D eigenvalue weighted by atomic mass is 79.9. The van der Waals surface area contributed by atoms with Crippen LogP contribution in [0.4, 0.5) is 4.39 Å². The molecule has 0 fully saturated rings. The third-order valence-electron chi connectivity index (χ3n) is 2.77. The first-order chi connectivity index (χ1) is 8.04. The molecule has 0 atom stereocenters. The average molecular weight is 297 g/mol. The van der Waals surface area contributed by atoms with Crippen LogP contribution in [0.1, 0.15) is 18.2 Å². The summed E-state index contributed by atoms with van der Waals surface area (Å²) in [7, 11) is 1.83. The van der Waals surface area contributed by atoms with Crippen LogP contribution in [0.5, 0.6) is 0 Å². The van der Waals surface area contributed by atoms with Gasteiger partial charge in [0.2, 0.25) is 0 Å². The molecule has 0 radical (unpaired) electrons. The summed E-state index contributed by atoms with van der Waals surface area (Å²) in [6.45, 7) is 3.98. The Labute approximate surface area is 109 Å². The molecule has 0 aliphatic carbocycles. The lowest BCUT2D eigenvalue weighted by molar-refractivity contribution is 0.627. The maximum atomic E-state index is 13.9. The van der Waals surface area contributed by atoms with Crippen molar-refractivity contribution < 1.29 is 4.39 Å². The largest absolute Gasteiger partial charge is 0.266 e. The molecule has 4 heteroatoms. The summed E-state index contributed by atoms with van der Waals surface area (Å²) in [5.41, 5.74) is 3.37. The van der Waals surface area contributed by atoms with Crippen LogP contribution in [0.3, 0.4) is 0 Å². The number of hydrogen-bond donors (Lipinski definition) is 0. The van der Waals surface area contributed by atoms with Gasteiger partial charge in [0.15, 0.2) is 0 Å². The molecule has 90 valence electrons. The highest BCUT2D eigenvalue weighted by molar-refractivity contribution is 9.10. The Kier molecular flexibility index (Phi) is 3.33. The molecule has 17 heavy (non-hydrogen) atoms. The zero-order chi connectivity index (χ0) is 12.6. The standard InChI is InChI=1S/C13H14BrFN2/c1-4-11-12(14)13(17(3)16-11)9-7-8(2)5-6-10(9)15/h5-7H,4H2,1-3H3. The van der Waals surface area contributed by atoms with Crippen molar-refractivity contribution in [3.8, 4) is 11.3 Å². The molecule has 0 saturated carbocycles. The molecule has 0 aliphatic heterocycles. The molecule has 2 rings (SSSR count). The topological polar surface area (TPSA) is 17.8 Å². The third kappa shape index (κ3) is 2.14. The first-order valence-electron chi connectivity index (χ1n) is 5.52. The fraction of sp³-hybridized carbons (Fsp3) is 0.308. The maximum absolute atomic E-state index is 13.9. The molecule has 0 bridgehead atoms. The van der Waals surface area contributed by atoms with Gasteiger partial charge in [-0.05, 0) is 41.4 Å². The van der Waals surface area contributed by atoms with Crippen LogP contribution in [0, 0.1) is 12.7 Å². The molecule has 1 heterocycles. The Morgan fingerprint density at radius 1 is 1.41 bits per heavy atom. The third-order valence-corrected chi connectivity index (χ3v) is 3.60.